The Labute approximate surface area is 331 Å². The number of aromatic nitrogens is 1. The number of hydrogen-bond donors (Lipinski definition) is 0. The molecule has 7 aromatic carbocycles. The van der Waals surface area contributed by atoms with Gasteiger partial charge in [0.15, 0.2) is 0 Å². The van der Waals surface area contributed by atoms with E-state index >= 15 is 0 Å². The number of hydrogen-bond acceptors (Lipinski definition) is 6. The van der Waals surface area contributed by atoms with Crippen molar-refractivity contribution in [1.29, 1.82) is 0 Å². The molecule has 260 valence electrons. The first-order chi connectivity index (χ1) is 26.1. The number of nitrogens with zero attached hydrogens (tertiary/aromatic N) is 5. The Morgan fingerprint density at radius 3 is 2.09 bits per heavy atom. The number of fused-ring (bicyclic) bond motifs is 11. The molecule has 0 spiro atoms. The standard InChI is InChI=1S/C28H17N2S.C19H15N3.Ir/c1-16-28(30-15-29-16)17-10-11-23-25(14-17)31-24-13-12-22-20-8-3-2-6-18(20)19-7-4-5-9-21(19)26(22)27(23)24;1-21-14-22(19-7-3-2-6-18(19)21)17-10-8-15(9-11-17)16-5-4-12-20-13-16;/h2-13,15-16H,1H3;2-10,12-14H,1H3;/q-1;-2;+3. The van der Waals surface area contributed by atoms with E-state index in [0.29, 0.717) is 0 Å². The van der Waals surface area contributed by atoms with Crippen LogP contribution in [0.25, 0.3) is 63.6 Å². The molecule has 2 aliphatic heterocycles. The zero-order chi connectivity index (χ0) is 35.5. The van der Waals surface area contributed by atoms with Gasteiger partial charge in [-0.25, -0.2) is 0 Å². The molecule has 4 heterocycles. The third kappa shape index (κ3) is 5.68. The maximum Gasteiger partial charge on any atom is 3.00 e. The Kier molecular flexibility index (Phi) is 8.79. The van der Waals surface area contributed by atoms with E-state index in [1.807, 2.05) is 29.7 Å². The second kappa shape index (κ2) is 13.9. The Morgan fingerprint density at radius 1 is 0.685 bits per heavy atom. The molecule has 0 amide bonds. The molecule has 0 saturated heterocycles. The molecule has 7 heteroatoms. The number of para-hydroxylation sites is 2. The molecule has 5 nitrogen and oxygen atoms in total. The van der Waals surface area contributed by atoms with Gasteiger partial charge in [-0.2, -0.15) is 36.2 Å². The van der Waals surface area contributed by atoms with Crippen molar-refractivity contribution in [3.8, 4) is 11.1 Å². The molecule has 0 radical (unpaired) electrons. The number of aliphatic imine (C=N–C) groups is 2. The zero-order valence-corrected chi connectivity index (χ0v) is 32.7. The summed E-state index contributed by atoms with van der Waals surface area (Å²) < 4.78 is 2.48. The first kappa shape index (κ1) is 34.1. The van der Waals surface area contributed by atoms with Crippen molar-refractivity contribution in [2.45, 2.75) is 13.0 Å². The van der Waals surface area contributed by atoms with Gasteiger partial charge >= 0.3 is 20.1 Å². The van der Waals surface area contributed by atoms with Gasteiger partial charge < -0.3 is 9.80 Å². The molecule has 54 heavy (non-hydrogen) atoms. The van der Waals surface area contributed by atoms with Gasteiger partial charge in [0.2, 0.25) is 0 Å². The van der Waals surface area contributed by atoms with Gasteiger partial charge in [0.25, 0.3) is 0 Å². The minimum atomic E-state index is 0. The Bertz CT molecular complexity index is 2880. The maximum atomic E-state index is 4.47. The van der Waals surface area contributed by atoms with E-state index in [1.54, 1.807) is 12.5 Å². The summed E-state index contributed by atoms with van der Waals surface area (Å²) in [5, 5.41) is 10.5. The van der Waals surface area contributed by atoms with Crippen LogP contribution in [-0.4, -0.2) is 30.1 Å². The van der Waals surface area contributed by atoms with Gasteiger partial charge in [0.1, 0.15) is 0 Å². The van der Waals surface area contributed by atoms with Crippen molar-refractivity contribution in [2.75, 3.05) is 16.8 Å². The second-order valence-electron chi connectivity index (χ2n) is 13.4. The first-order valence-electron chi connectivity index (χ1n) is 17.7. The predicted molar refractivity (Wildman–Crippen MR) is 225 cm³/mol. The average molecular weight is 891 g/mol. The molecular weight excluding hydrogens is 859 g/mol. The number of anilines is 3. The quantitative estimate of drug-likeness (QED) is 0.131. The number of thiophene rings is 1. The second-order valence-corrected chi connectivity index (χ2v) is 14.5. The van der Waals surface area contributed by atoms with E-state index < -0.39 is 0 Å². The van der Waals surface area contributed by atoms with Crippen LogP contribution in [0.4, 0.5) is 17.1 Å². The summed E-state index contributed by atoms with van der Waals surface area (Å²) in [6, 6.07) is 52.2. The monoisotopic (exact) mass is 891 g/mol. The van der Waals surface area contributed by atoms with Crippen molar-refractivity contribution in [3.63, 3.8) is 0 Å². The van der Waals surface area contributed by atoms with Crippen LogP contribution in [0.2, 0.25) is 0 Å². The Morgan fingerprint density at radius 2 is 1.39 bits per heavy atom. The van der Waals surface area contributed by atoms with Gasteiger partial charge in [0.05, 0.1) is 12.4 Å². The van der Waals surface area contributed by atoms with Crippen molar-refractivity contribution >= 4 is 92.9 Å². The van der Waals surface area contributed by atoms with Gasteiger partial charge in [-0.1, -0.05) is 83.7 Å². The third-order valence-electron chi connectivity index (χ3n) is 10.3. The minimum absolute atomic E-state index is 0. The fraction of sp³-hybridized carbons (Fsp3) is 0.0638. The van der Waals surface area contributed by atoms with E-state index in [0.717, 1.165) is 28.1 Å². The third-order valence-corrected chi connectivity index (χ3v) is 11.4. The molecule has 0 N–H and O–H groups in total. The molecule has 2 aliphatic rings. The van der Waals surface area contributed by atoms with Crippen LogP contribution in [0.15, 0.2) is 150 Å². The number of pyridine rings is 1. The van der Waals surface area contributed by atoms with Crippen LogP contribution in [0, 0.1) is 18.8 Å². The first-order valence-corrected chi connectivity index (χ1v) is 18.5. The number of benzene rings is 7. The maximum absolute atomic E-state index is 4.47. The molecule has 2 aromatic heterocycles. The van der Waals surface area contributed by atoms with Gasteiger partial charge in [0, 0.05) is 28.5 Å². The fourth-order valence-corrected chi connectivity index (χ4v) is 8.85. The molecule has 11 rings (SSSR count). The normalized spacial score (nSPS) is 14.8. The largest absolute Gasteiger partial charge is 3.00 e. The summed E-state index contributed by atoms with van der Waals surface area (Å²) in [6.45, 7) is 4.16. The zero-order valence-electron chi connectivity index (χ0n) is 29.5. The van der Waals surface area contributed by atoms with Crippen molar-refractivity contribution in [1.82, 2.24) is 4.98 Å². The van der Waals surface area contributed by atoms with E-state index in [1.165, 1.54) is 63.9 Å². The van der Waals surface area contributed by atoms with E-state index in [9.17, 15) is 0 Å². The molecule has 0 bridgehead atoms. The van der Waals surface area contributed by atoms with Gasteiger partial charge in [-0.3, -0.25) is 15.0 Å². The van der Waals surface area contributed by atoms with E-state index in [4.69, 9.17) is 0 Å². The van der Waals surface area contributed by atoms with Crippen LogP contribution < -0.4 is 9.80 Å². The van der Waals surface area contributed by atoms with Crippen molar-refractivity contribution < 1.29 is 20.1 Å². The van der Waals surface area contributed by atoms with E-state index in [-0.39, 0.29) is 26.1 Å². The van der Waals surface area contributed by atoms with Gasteiger partial charge in [-0.05, 0) is 86.4 Å². The molecular formula is C47H32IrN5S. The summed E-state index contributed by atoms with van der Waals surface area (Å²) in [4.78, 5) is 17.3. The van der Waals surface area contributed by atoms with Crippen LogP contribution in [0.5, 0.6) is 0 Å². The molecule has 1 atom stereocenters. The van der Waals surface area contributed by atoms with Crippen LogP contribution >= 0.6 is 11.3 Å². The summed E-state index contributed by atoms with van der Waals surface area (Å²) in [6.07, 6.45) is 5.31. The Hall–Kier alpha value is -5.72. The van der Waals surface area contributed by atoms with Crippen LogP contribution in [-0.2, 0) is 20.1 Å². The summed E-state index contributed by atoms with van der Waals surface area (Å²) in [5.74, 6) is 0. The molecule has 0 aliphatic carbocycles. The molecule has 9 aromatic rings. The summed E-state index contributed by atoms with van der Waals surface area (Å²) in [5.41, 5.74) is 7.68. The average Bonchev–Trinajstić information content (AvgIpc) is 3.92. The predicted octanol–water partition coefficient (Wildman–Crippen LogP) is 11.8. The van der Waals surface area contributed by atoms with Crippen LogP contribution in [0.3, 0.4) is 0 Å². The minimum Gasteiger partial charge on any atom is -0.504 e. The molecule has 1 unspecified atom stereocenters. The molecule has 0 saturated carbocycles. The Balaban J connectivity index is 0.000000148. The van der Waals surface area contributed by atoms with Crippen molar-refractivity contribution in [3.05, 3.63) is 164 Å². The van der Waals surface area contributed by atoms with Crippen LogP contribution in [0.1, 0.15) is 12.5 Å². The smallest absolute Gasteiger partial charge is 0.504 e. The van der Waals surface area contributed by atoms with E-state index in [2.05, 4.69) is 173 Å². The topological polar surface area (TPSA) is 44.1 Å². The SMILES string of the molecule is CC1N=CN=C1c1[c-]c2sc3ccc4c5ccccc5c5ccccc5c4c3c2cc1.CN1[CH-]N(c2[c-]cc(-c3cccnc3)cc2)c2ccccc21.[Ir+3]. The van der Waals surface area contributed by atoms with Gasteiger partial charge in [-0.15, -0.1) is 41.1 Å². The molecule has 0 fully saturated rings. The van der Waals surface area contributed by atoms with Crippen molar-refractivity contribution in [2.24, 2.45) is 9.98 Å². The fourth-order valence-electron chi connectivity index (χ4n) is 7.74. The summed E-state index contributed by atoms with van der Waals surface area (Å²) in [7, 11) is 2.06. The summed E-state index contributed by atoms with van der Waals surface area (Å²) >= 11 is 1.81. The number of rotatable bonds is 3.